The molecule has 0 saturated carbocycles. The minimum atomic E-state index is -0.426. The van der Waals surface area contributed by atoms with Crippen molar-refractivity contribution < 1.29 is 14.4 Å². The number of aromatic nitrogens is 1. The Morgan fingerprint density at radius 2 is 1.63 bits per heavy atom. The van der Waals surface area contributed by atoms with E-state index in [1.165, 1.54) is 0 Å². The Morgan fingerprint density at radius 1 is 0.926 bits per heavy atom. The average molecular weight is 360 g/mol. The van der Waals surface area contributed by atoms with E-state index in [1.54, 1.807) is 36.5 Å². The van der Waals surface area contributed by atoms with Gasteiger partial charge in [0.25, 0.3) is 11.8 Å². The first-order valence-corrected chi connectivity index (χ1v) is 8.49. The molecule has 4 rings (SSSR count). The van der Waals surface area contributed by atoms with Crippen molar-refractivity contribution in [2.24, 2.45) is 0 Å². The van der Waals surface area contributed by atoms with Gasteiger partial charge in [-0.05, 0) is 24.3 Å². The highest BCUT2D eigenvalue weighted by atomic mass is 16.2. The molecule has 0 atom stereocenters. The van der Waals surface area contributed by atoms with Crippen molar-refractivity contribution in [1.29, 1.82) is 0 Å². The summed E-state index contributed by atoms with van der Waals surface area (Å²) in [4.78, 5) is 42.2. The van der Waals surface area contributed by atoms with Gasteiger partial charge in [0.1, 0.15) is 0 Å². The zero-order valence-corrected chi connectivity index (χ0v) is 14.3. The summed E-state index contributed by atoms with van der Waals surface area (Å²) in [5.74, 6) is -0.674. The third-order valence-electron chi connectivity index (χ3n) is 4.38. The molecule has 1 aliphatic heterocycles. The van der Waals surface area contributed by atoms with Gasteiger partial charge in [0, 0.05) is 24.7 Å². The third-order valence-corrected chi connectivity index (χ3v) is 4.38. The summed E-state index contributed by atoms with van der Waals surface area (Å²) in [6.45, 7) is 0.253. The van der Waals surface area contributed by atoms with Crippen molar-refractivity contribution in [3.63, 3.8) is 0 Å². The predicted molar refractivity (Wildman–Crippen MR) is 101 cm³/mol. The summed E-state index contributed by atoms with van der Waals surface area (Å²) < 4.78 is 0. The van der Waals surface area contributed by atoms with Crippen LogP contribution in [0.1, 0.15) is 20.7 Å². The van der Waals surface area contributed by atoms with Gasteiger partial charge in [-0.15, -0.1) is 0 Å². The number of hydrogen-bond donors (Lipinski definition) is 2. The molecule has 2 aromatic carbocycles. The largest absolute Gasteiger partial charge is 0.336 e. The molecular formula is C20H16N4O3. The van der Waals surface area contributed by atoms with Crippen LogP contribution in [0.15, 0.2) is 60.8 Å². The fourth-order valence-corrected chi connectivity index (χ4v) is 3.10. The molecule has 27 heavy (non-hydrogen) atoms. The Hall–Kier alpha value is -3.74. The molecule has 2 heterocycles. The topological polar surface area (TPSA) is 91.4 Å². The molecule has 0 radical (unpaired) electrons. The van der Waals surface area contributed by atoms with Crippen LogP contribution in [-0.2, 0) is 0 Å². The minimum absolute atomic E-state index is 0.105. The van der Waals surface area contributed by atoms with Crippen molar-refractivity contribution in [3.05, 3.63) is 71.9 Å². The Balaban J connectivity index is 1.37. The van der Waals surface area contributed by atoms with Crippen molar-refractivity contribution in [2.45, 2.75) is 0 Å². The number of carbonyl (C=O) groups excluding carboxylic acids is 3. The van der Waals surface area contributed by atoms with Crippen LogP contribution in [-0.4, -0.2) is 40.8 Å². The van der Waals surface area contributed by atoms with Crippen LogP contribution in [0.5, 0.6) is 0 Å². The summed E-state index contributed by atoms with van der Waals surface area (Å²) >= 11 is 0. The lowest BCUT2D eigenvalue weighted by molar-refractivity contribution is 0.0656. The molecule has 3 aromatic rings. The lowest BCUT2D eigenvalue weighted by Crippen LogP contribution is -2.39. The maximum atomic E-state index is 12.3. The number of para-hydroxylation sites is 1. The van der Waals surface area contributed by atoms with E-state index in [4.69, 9.17) is 0 Å². The number of amides is 4. The van der Waals surface area contributed by atoms with Gasteiger partial charge in [-0.2, -0.15) is 0 Å². The molecular weight excluding hydrogens is 344 g/mol. The second-order valence-corrected chi connectivity index (χ2v) is 6.07. The van der Waals surface area contributed by atoms with Gasteiger partial charge in [0.05, 0.1) is 22.3 Å². The molecule has 2 N–H and O–H groups in total. The zero-order valence-electron chi connectivity index (χ0n) is 14.3. The monoisotopic (exact) mass is 360 g/mol. The van der Waals surface area contributed by atoms with Gasteiger partial charge < -0.3 is 10.6 Å². The number of nitrogens with zero attached hydrogens (tertiary/aromatic N) is 2. The second kappa shape index (κ2) is 6.87. The molecule has 0 unspecified atom stereocenters. The summed E-state index contributed by atoms with van der Waals surface area (Å²) in [6, 6.07) is 15.5. The second-order valence-electron chi connectivity index (χ2n) is 6.07. The highest BCUT2D eigenvalue weighted by Crippen LogP contribution is 2.22. The molecule has 1 aromatic heterocycles. The number of hydrogen-bond acceptors (Lipinski definition) is 4. The SMILES string of the molecule is O=C(NCCN1C(=O)c2ccccc2C1=O)Nc1cccc2cccnc12. The predicted octanol–water partition coefficient (Wildman–Crippen LogP) is 2.65. The van der Waals surface area contributed by atoms with E-state index in [9.17, 15) is 14.4 Å². The lowest BCUT2D eigenvalue weighted by Gasteiger charge is -2.15. The van der Waals surface area contributed by atoms with Crippen LogP contribution < -0.4 is 10.6 Å². The Kier molecular flexibility index (Phi) is 4.25. The lowest BCUT2D eigenvalue weighted by atomic mass is 10.1. The summed E-state index contributed by atoms with van der Waals surface area (Å²) in [6.07, 6.45) is 1.66. The van der Waals surface area contributed by atoms with Gasteiger partial charge in [0.15, 0.2) is 0 Å². The molecule has 0 aliphatic carbocycles. The van der Waals surface area contributed by atoms with E-state index in [-0.39, 0.29) is 24.9 Å². The number of anilines is 1. The van der Waals surface area contributed by atoms with E-state index in [0.29, 0.717) is 22.3 Å². The molecule has 7 nitrogen and oxygen atoms in total. The number of pyridine rings is 1. The minimum Gasteiger partial charge on any atom is -0.336 e. The summed E-state index contributed by atoms with van der Waals surface area (Å²) in [5.41, 5.74) is 2.07. The highest BCUT2D eigenvalue weighted by Gasteiger charge is 2.34. The van der Waals surface area contributed by atoms with Crippen LogP contribution in [0.4, 0.5) is 10.5 Å². The Labute approximate surface area is 155 Å². The van der Waals surface area contributed by atoms with E-state index in [0.717, 1.165) is 10.3 Å². The first kappa shape index (κ1) is 16.7. The third kappa shape index (κ3) is 3.10. The Morgan fingerprint density at radius 3 is 2.37 bits per heavy atom. The molecule has 4 amide bonds. The normalized spacial score (nSPS) is 13.0. The van der Waals surface area contributed by atoms with Gasteiger partial charge in [-0.1, -0.05) is 30.3 Å². The van der Waals surface area contributed by atoms with E-state index < -0.39 is 6.03 Å². The smallest absolute Gasteiger partial charge is 0.319 e. The number of imide groups is 1. The van der Waals surface area contributed by atoms with E-state index >= 15 is 0 Å². The summed E-state index contributed by atoms with van der Waals surface area (Å²) in [7, 11) is 0. The van der Waals surface area contributed by atoms with Crippen molar-refractivity contribution in [3.8, 4) is 0 Å². The Bertz CT molecular complexity index is 1020. The number of nitrogens with one attached hydrogen (secondary N) is 2. The fraction of sp³-hybridized carbons (Fsp3) is 0.100. The van der Waals surface area contributed by atoms with Gasteiger partial charge in [-0.25, -0.2) is 4.79 Å². The van der Waals surface area contributed by atoms with Gasteiger partial charge in [0.2, 0.25) is 0 Å². The molecule has 0 fully saturated rings. The molecule has 134 valence electrons. The summed E-state index contributed by atoms with van der Waals surface area (Å²) in [5, 5.41) is 6.33. The van der Waals surface area contributed by atoms with Crippen LogP contribution in [0.2, 0.25) is 0 Å². The number of rotatable bonds is 4. The van der Waals surface area contributed by atoms with Crippen molar-refractivity contribution >= 4 is 34.4 Å². The molecule has 1 aliphatic rings. The number of carbonyl (C=O) groups is 3. The van der Waals surface area contributed by atoms with Crippen molar-refractivity contribution in [2.75, 3.05) is 18.4 Å². The zero-order chi connectivity index (χ0) is 18.8. The standard InChI is InChI=1S/C20H16N4O3/c25-18-14-7-1-2-8-15(14)19(26)24(18)12-11-22-20(27)23-16-9-3-5-13-6-4-10-21-17(13)16/h1-10H,11-12H2,(H2,22,23,27). The molecule has 0 spiro atoms. The van der Waals surface area contributed by atoms with Crippen molar-refractivity contribution in [1.82, 2.24) is 15.2 Å². The number of fused-ring (bicyclic) bond motifs is 2. The quantitative estimate of drug-likeness (QED) is 0.700. The van der Waals surface area contributed by atoms with E-state index in [1.807, 2.05) is 24.3 Å². The average Bonchev–Trinajstić information content (AvgIpc) is 2.93. The first-order chi connectivity index (χ1) is 13.1. The molecule has 0 saturated heterocycles. The highest BCUT2D eigenvalue weighted by molar-refractivity contribution is 6.21. The maximum Gasteiger partial charge on any atom is 0.319 e. The fourth-order valence-electron chi connectivity index (χ4n) is 3.10. The number of urea groups is 1. The number of benzene rings is 2. The molecule has 0 bridgehead atoms. The van der Waals surface area contributed by atoms with Crippen LogP contribution >= 0.6 is 0 Å². The van der Waals surface area contributed by atoms with Crippen LogP contribution in [0.25, 0.3) is 10.9 Å². The molecule has 7 heteroatoms. The van der Waals surface area contributed by atoms with E-state index in [2.05, 4.69) is 15.6 Å². The maximum absolute atomic E-state index is 12.3. The van der Waals surface area contributed by atoms with Gasteiger partial charge in [-0.3, -0.25) is 19.5 Å². The first-order valence-electron chi connectivity index (χ1n) is 8.49. The van der Waals surface area contributed by atoms with Crippen LogP contribution in [0.3, 0.4) is 0 Å². The van der Waals surface area contributed by atoms with Crippen LogP contribution in [0, 0.1) is 0 Å². The van der Waals surface area contributed by atoms with Gasteiger partial charge >= 0.3 is 6.03 Å².